The third-order valence-corrected chi connectivity index (χ3v) is 3.85. The van der Waals surface area contributed by atoms with Crippen molar-refractivity contribution in [2.24, 2.45) is 0 Å². The summed E-state index contributed by atoms with van der Waals surface area (Å²) in [5, 5.41) is 13.4. The molecule has 1 aromatic carbocycles. The molecule has 0 radical (unpaired) electrons. The van der Waals surface area contributed by atoms with Crippen LogP contribution < -0.4 is 5.32 Å². The van der Waals surface area contributed by atoms with E-state index in [1.165, 1.54) is 0 Å². The van der Waals surface area contributed by atoms with Gasteiger partial charge in [-0.15, -0.1) is 0 Å². The van der Waals surface area contributed by atoms with E-state index >= 15 is 0 Å². The Kier molecular flexibility index (Phi) is 3.70. The lowest BCUT2D eigenvalue weighted by Crippen LogP contribution is -2.37. The quantitative estimate of drug-likeness (QED) is 0.896. The van der Waals surface area contributed by atoms with Crippen molar-refractivity contribution >= 4 is 22.7 Å². The minimum atomic E-state index is -1.10. The summed E-state index contributed by atoms with van der Waals surface area (Å²) >= 11 is 0. The highest BCUT2D eigenvalue weighted by atomic mass is 16.4. The standard InChI is InChI=1S/C15H18N4O2/c1-19-8-6-10(7-9-19)16-13-11-4-2-3-5-12(11)17-14(18-13)15(20)21/h2-5,10H,6-9H2,1H3,(H,20,21)(H,16,17,18). The Morgan fingerprint density at radius 3 is 2.71 bits per heavy atom. The Bertz CT molecular complexity index is 666. The van der Waals surface area contributed by atoms with E-state index in [9.17, 15) is 4.79 Å². The van der Waals surface area contributed by atoms with Gasteiger partial charge in [-0.1, -0.05) is 12.1 Å². The smallest absolute Gasteiger partial charge is 0.374 e. The molecule has 6 nitrogen and oxygen atoms in total. The van der Waals surface area contributed by atoms with Crippen LogP contribution in [0.25, 0.3) is 10.9 Å². The van der Waals surface area contributed by atoms with Gasteiger partial charge in [0.05, 0.1) is 5.52 Å². The number of likely N-dealkylation sites (tertiary alicyclic amines) is 1. The van der Waals surface area contributed by atoms with Crippen molar-refractivity contribution in [2.75, 3.05) is 25.5 Å². The summed E-state index contributed by atoms with van der Waals surface area (Å²) in [4.78, 5) is 21.7. The summed E-state index contributed by atoms with van der Waals surface area (Å²) in [6.07, 6.45) is 2.05. The van der Waals surface area contributed by atoms with Crippen LogP contribution >= 0.6 is 0 Å². The molecule has 2 N–H and O–H groups in total. The highest BCUT2D eigenvalue weighted by Crippen LogP contribution is 2.23. The molecule has 0 unspecified atom stereocenters. The third-order valence-electron chi connectivity index (χ3n) is 3.85. The van der Waals surface area contributed by atoms with E-state index in [1.54, 1.807) is 0 Å². The number of nitrogens with one attached hydrogen (secondary N) is 1. The average molecular weight is 286 g/mol. The molecular formula is C15H18N4O2. The first kappa shape index (κ1) is 13.8. The topological polar surface area (TPSA) is 78.4 Å². The van der Waals surface area contributed by atoms with Gasteiger partial charge in [0.25, 0.3) is 0 Å². The maximum Gasteiger partial charge on any atom is 0.374 e. The molecule has 0 bridgehead atoms. The average Bonchev–Trinajstić information content (AvgIpc) is 2.49. The van der Waals surface area contributed by atoms with Crippen molar-refractivity contribution < 1.29 is 9.90 Å². The van der Waals surface area contributed by atoms with Gasteiger partial charge in [0, 0.05) is 11.4 Å². The SMILES string of the molecule is CN1CCC(Nc2nc(C(=O)O)nc3ccccc23)CC1. The lowest BCUT2D eigenvalue weighted by molar-refractivity contribution is 0.0684. The van der Waals surface area contributed by atoms with E-state index in [1.807, 2.05) is 24.3 Å². The minimum Gasteiger partial charge on any atom is -0.475 e. The summed E-state index contributed by atoms with van der Waals surface area (Å²) in [6.45, 7) is 2.07. The van der Waals surface area contributed by atoms with E-state index in [-0.39, 0.29) is 5.82 Å². The fourth-order valence-corrected chi connectivity index (χ4v) is 2.63. The predicted octanol–water partition coefficient (Wildman–Crippen LogP) is 1.83. The van der Waals surface area contributed by atoms with Crippen molar-refractivity contribution in [1.29, 1.82) is 0 Å². The molecule has 21 heavy (non-hydrogen) atoms. The summed E-state index contributed by atoms with van der Waals surface area (Å²) in [5.74, 6) is -0.649. The van der Waals surface area contributed by atoms with Crippen LogP contribution in [0.3, 0.4) is 0 Å². The zero-order chi connectivity index (χ0) is 14.8. The maximum atomic E-state index is 11.2. The van der Waals surface area contributed by atoms with E-state index in [0.29, 0.717) is 17.4 Å². The molecular weight excluding hydrogens is 268 g/mol. The third kappa shape index (κ3) is 2.95. The van der Waals surface area contributed by atoms with Gasteiger partial charge in [0.15, 0.2) is 0 Å². The number of piperidine rings is 1. The van der Waals surface area contributed by atoms with Gasteiger partial charge in [-0.2, -0.15) is 0 Å². The first-order chi connectivity index (χ1) is 10.1. The molecule has 0 spiro atoms. The second kappa shape index (κ2) is 5.65. The predicted molar refractivity (Wildman–Crippen MR) is 80.6 cm³/mol. The summed E-state index contributed by atoms with van der Waals surface area (Å²) < 4.78 is 0. The van der Waals surface area contributed by atoms with Crippen molar-refractivity contribution in [3.8, 4) is 0 Å². The Labute approximate surface area is 122 Å². The molecule has 2 heterocycles. The molecule has 1 aromatic heterocycles. The van der Waals surface area contributed by atoms with Gasteiger partial charge in [0.2, 0.25) is 5.82 Å². The molecule has 1 aliphatic rings. The van der Waals surface area contributed by atoms with Crippen LogP contribution in [-0.2, 0) is 0 Å². The lowest BCUT2D eigenvalue weighted by Gasteiger charge is -2.30. The Balaban J connectivity index is 1.94. The second-order valence-electron chi connectivity index (χ2n) is 5.44. The number of carboxylic acid groups (broad SMARTS) is 1. The number of anilines is 1. The molecule has 110 valence electrons. The Hall–Kier alpha value is -2.21. The highest BCUT2D eigenvalue weighted by molar-refractivity contribution is 5.93. The fourth-order valence-electron chi connectivity index (χ4n) is 2.63. The molecule has 6 heteroatoms. The van der Waals surface area contributed by atoms with Crippen LogP contribution in [0.15, 0.2) is 24.3 Å². The van der Waals surface area contributed by atoms with E-state index in [2.05, 4.69) is 27.2 Å². The molecule has 0 amide bonds. The fraction of sp³-hybridized carbons (Fsp3) is 0.400. The van der Waals surface area contributed by atoms with Crippen LogP contribution in [0, 0.1) is 0 Å². The van der Waals surface area contributed by atoms with Gasteiger partial charge in [0.1, 0.15) is 5.82 Å². The number of benzene rings is 1. The zero-order valence-electron chi connectivity index (χ0n) is 11.9. The van der Waals surface area contributed by atoms with E-state index in [4.69, 9.17) is 5.11 Å². The Morgan fingerprint density at radius 2 is 2.00 bits per heavy atom. The van der Waals surface area contributed by atoms with Crippen LogP contribution in [-0.4, -0.2) is 52.1 Å². The number of aromatic carboxylic acids is 1. The highest BCUT2D eigenvalue weighted by Gasteiger charge is 2.19. The normalized spacial score (nSPS) is 17.0. The molecule has 0 aliphatic carbocycles. The van der Waals surface area contributed by atoms with Crippen LogP contribution in [0.1, 0.15) is 23.5 Å². The van der Waals surface area contributed by atoms with Crippen LogP contribution in [0.5, 0.6) is 0 Å². The number of para-hydroxylation sites is 1. The van der Waals surface area contributed by atoms with Gasteiger partial charge < -0.3 is 15.3 Å². The van der Waals surface area contributed by atoms with Gasteiger partial charge >= 0.3 is 5.97 Å². The Morgan fingerprint density at radius 1 is 1.29 bits per heavy atom. The molecule has 1 aliphatic heterocycles. The summed E-state index contributed by atoms with van der Waals surface area (Å²) in [6, 6.07) is 7.80. The number of carbonyl (C=O) groups is 1. The zero-order valence-corrected chi connectivity index (χ0v) is 11.9. The monoisotopic (exact) mass is 286 g/mol. The van der Waals surface area contributed by atoms with Crippen LogP contribution in [0.4, 0.5) is 5.82 Å². The van der Waals surface area contributed by atoms with Crippen molar-refractivity contribution in [3.05, 3.63) is 30.1 Å². The lowest BCUT2D eigenvalue weighted by atomic mass is 10.1. The number of hydrogen-bond acceptors (Lipinski definition) is 5. The van der Waals surface area contributed by atoms with Gasteiger partial charge in [-0.3, -0.25) is 0 Å². The van der Waals surface area contributed by atoms with Crippen LogP contribution in [0.2, 0.25) is 0 Å². The van der Waals surface area contributed by atoms with Crippen molar-refractivity contribution in [3.63, 3.8) is 0 Å². The van der Waals surface area contributed by atoms with Gasteiger partial charge in [-0.25, -0.2) is 14.8 Å². The molecule has 1 saturated heterocycles. The summed E-state index contributed by atoms with van der Waals surface area (Å²) in [7, 11) is 2.11. The first-order valence-corrected chi connectivity index (χ1v) is 7.08. The number of carboxylic acids is 1. The van der Waals surface area contributed by atoms with Gasteiger partial charge in [-0.05, 0) is 45.1 Å². The molecule has 1 fully saturated rings. The van der Waals surface area contributed by atoms with E-state index in [0.717, 1.165) is 31.3 Å². The number of fused-ring (bicyclic) bond motifs is 1. The molecule has 0 saturated carbocycles. The minimum absolute atomic E-state index is 0.163. The summed E-state index contributed by atoms with van der Waals surface area (Å²) in [5.41, 5.74) is 0.653. The largest absolute Gasteiger partial charge is 0.475 e. The first-order valence-electron chi connectivity index (χ1n) is 7.08. The number of rotatable bonds is 3. The maximum absolute atomic E-state index is 11.2. The van der Waals surface area contributed by atoms with Crippen molar-refractivity contribution in [2.45, 2.75) is 18.9 Å². The molecule has 2 aromatic rings. The number of aromatic nitrogens is 2. The molecule has 0 atom stereocenters. The number of nitrogens with zero attached hydrogens (tertiary/aromatic N) is 3. The molecule has 3 rings (SSSR count). The van der Waals surface area contributed by atoms with E-state index < -0.39 is 5.97 Å². The number of hydrogen-bond donors (Lipinski definition) is 2. The van der Waals surface area contributed by atoms with Crippen molar-refractivity contribution in [1.82, 2.24) is 14.9 Å². The second-order valence-corrected chi connectivity index (χ2v) is 5.44.